The van der Waals surface area contributed by atoms with Crippen molar-refractivity contribution in [3.05, 3.63) is 93.7 Å². The van der Waals surface area contributed by atoms with Gasteiger partial charge in [0.2, 0.25) is 0 Å². The number of hydrogen-bond donors (Lipinski definition) is 1. The minimum Gasteiger partial charge on any atom is -0.321 e. The second-order valence-electron chi connectivity index (χ2n) is 6.13. The average molecular weight is 378 g/mol. The molecule has 0 fully saturated rings. The quantitative estimate of drug-likeness (QED) is 0.454. The van der Waals surface area contributed by atoms with Gasteiger partial charge in [0.25, 0.3) is 5.56 Å². The summed E-state index contributed by atoms with van der Waals surface area (Å²) in [6.07, 6.45) is 0. The van der Waals surface area contributed by atoms with E-state index in [1.54, 1.807) is 6.07 Å². The minimum absolute atomic E-state index is 0.0933. The Balaban J connectivity index is 2.00. The number of nitrogens with one attached hydrogen (secondary N) is 1. The average Bonchev–Trinajstić information content (AvgIpc) is 2.65. The van der Waals surface area contributed by atoms with Crippen molar-refractivity contribution in [3.8, 4) is 11.1 Å². The summed E-state index contributed by atoms with van der Waals surface area (Å²) in [7, 11) is 0. The molecule has 1 aromatic heterocycles. The highest BCUT2D eigenvalue weighted by Gasteiger charge is 2.16. The first kappa shape index (κ1) is 17.0. The number of aromatic nitrogens is 1. The maximum atomic E-state index is 12.9. The molecular formula is C22H16ClNOS. The van der Waals surface area contributed by atoms with Crippen molar-refractivity contribution in [3.63, 3.8) is 0 Å². The molecule has 0 bridgehead atoms. The number of aryl methyl sites for hydroxylation is 1. The molecule has 128 valence electrons. The SMILES string of the molecule is Cc1ccc(Sc2c(-c3ccccc3)c3cc(Cl)ccc3[nH]c2=O)cc1. The summed E-state index contributed by atoms with van der Waals surface area (Å²) >= 11 is 7.73. The number of hydrogen-bond acceptors (Lipinski definition) is 2. The highest BCUT2D eigenvalue weighted by atomic mass is 35.5. The van der Waals surface area contributed by atoms with Gasteiger partial charge in [-0.05, 0) is 42.8 Å². The monoisotopic (exact) mass is 377 g/mol. The fourth-order valence-corrected chi connectivity index (χ4v) is 4.11. The first-order chi connectivity index (χ1) is 12.6. The van der Waals surface area contributed by atoms with Crippen molar-refractivity contribution in [1.82, 2.24) is 4.98 Å². The normalized spacial score (nSPS) is 11.0. The predicted octanol–water partition coefficient (Wildman–Crippen LogP) is 6.31. The smallest absolute Gasteiger partial charge is 0.263 e. The molecule has 26 heavy (non-hydrogen) atoms. The van der Waals surface area contributed by atoms with Crippen molar-refractivity contribution in [2.45, 2.75) is 16.7 Å². The third-order valence-corrected chi connectivity index (χ3v) is 5.57. The van der Waals surface area contributed by atoms with Gasteiger partial charge < -0.3 is 4.98 Å². The Bertz CT molecular complexity index is 1130. The van der Waals surface area contributed by atoms with E-state index in [9.17, 15) is 4.79 Å². The van der Waals surface area contributed by atoms with Crippen LogP contribution in [-0.4, -0.2) is 4.98 Å². The zero-order valence-corrected chi connectivity index (χ0v) is 15.7. The molecule has 0 aliphatic heterocycles. The Morgan fingerprint density at radius 3 is 2.38 bits per heavy atom. The molecule has 0 amide bonds. The van der Waals surface area contributed by atoms with E-state index in [2.05, 4.69) is 24.0 Å². The topological polar surface area (TPSA) is 32.9 Å². The van der Waals surface area contributed by atoms with Gasteiger partial charge in [0, 0.05) is 26.4 Å². The number of halogens is 1. The van der Waals surface area contributed by atoms with E-state index in [4.69, 9.17) is 11.6 Å². The van der Waals surface area contributed by atoms with Crippen LogP contribution in [0.4, 0.5) is 0 Å². The zero-order chi connectivity index (χ0) is 18.1. The van der Waals surface area contributed by atoms with E-state index in [-0.39, 0.29) is 5.56 Å². The highest BCUT2D eigenvalue weighted by molar-refractivity contribution is 7.99. The fourth-order valence-electron chi connectivity index (χ4n) is 2.96. The van der Waals surface area contributed by atoms with Crippen molar-refractivity contribution in [1.29, 1.82) is 0 Å². The van der Waals surface area contributed by atoms with Crippen LogP contribution in [0.2, 0.25) is 5.02 Å². The van der Waals surface area contributed by atoms with E-state index in [1.165, 1.54) is 17.3 Å². The van der Waals surface area contributed by atoms with Crippen LogP contribution >= 0.6 is 23.4 Å². The number of pyridine rings is 1. The number of benzene rings is 3. The molecular weight excluding hydrogens is 362 g/mol. The van der Waals surface area contributed by atoms with Crippen LogP contribution in [0.3, 0.4) is 0 Å². The van der Waals surface area contributed by atoms with Crippen molar-refractivity contribution < 1.29 is 0 Å². The molecule has 0 saturated heterocycles. The third kappa shape index (κ3) is 3.28. The third-order valence-electron chi connectivity index (χ3n) is 4.24. The van der Waals surface area contributed by atoms with Gasteiger partial charge in [-0.2, -0.15) is 0 Å². The summed E-state index contributed by atoms with van der Waals surface area (Å²) in [6, 6.07) is 23.7. The maximum absolute atomic E-state index is 12.9. The molecule has 0 unspecified atom stereocenters. The number of H-pyrrole nitrogens is 1. The summed E-state index contributed by atoms with van der Waals surface area (Å²) in [5.74, 6) is 0. The molecule has 0 aliphatic carbocycles. The Hall–Kier alpha value is -2.49. The van der Waals surface area contributed by atoms with E-state index in [1.807, 2.05) is 54.6 Å². The predicted molar refractivity (Wildman–Crippen MR) is 110 cm³/mol. The Morgan fingerprint density at radius 2 is 1.65 bits per heavy atom. The Morgan fingerprint density at radius 1 is 0.923 bits per heavy atom. The molecule has 0 radical (unpaired) electrons. The van der Waals surface area contributed by atoms with Gasteiger partial charge in [-0.1, -0.05) is 71.4 Å². The first-order valence-corrected chi connectivity index (χ1v) is 9.47. The van der Waals surface area contributed by atoms with Crippen LogP contribution in [0.5, 0.6) is 0 Å². The number of aromatic amines is 1. The molecule has 2 nitrogen and oxygen atoms in total. The van der Waals surface area contributed by atoms with Crippen molar-refractivity contribution in [2.24, 2.45) is 0 Å². The number of rotatable bonds is 3. The second kappa shape index (κ2) is 7.02. The lowest BCUT2D eigenvalue weighted by atomic mass is 10.0. The second-order valence-corrected chi connectivity index (χ2v) is 7.65. The Kier molecular flexibility index (Phi) is 4.58. The molecule has 0 aliphatic rings. The van der Waals surface area contributed by atoms with E-state index < -0.39 is 0 Å². The summed E-state index contributed by atoms with van der Waals surface area (Å²) < 4.78 is 0. The summed E-state index contributed by atoms with van der Waals surface area (Å²) in [5, 5.41) is 1.59. The van der Waals surface area contributed by atoms with Crippen molar-refractivity contribution >= 4 is 34.3 Å². The van der Waals surface area contributed by atoms with Gasteiger partial charge in [0.05, 0.1) is 4.90 Å². The van der Waals surface area contributed by atoms with Gasteiger partial charge in [-0.25, -0.2) is 0 Å². The van der Waals surface area contributed by atoms with Crippen LogP contribution in [0.1, 0.15) is 5.56 Å². The Labute approximate surface area is 160 Å². The lowest BCUT2D eigenvalue weighted by Gasteiger charge is -2.13. The van der Waals surface area contributed by atoms with Crippen LogP contribution < -0.4 is 5.56 Å². The summed E-state index contributed by atoms with van der Waals surface area (Å²) in [4.78, 5) is 17.6. The highest BCUT2D eigenvalue weighted by Crippen LogP contribution is 2.38. The maximum Gasteiger partial charge on any atom is 0.263 e. The molecule has 0 atom stereocenters. The largest absolute Gasteiger partial charge is 0.321 e. The molecule has 4 rings (SSSR count). The van der Waals surface area contributed by atoms with Gasteiger partial charge in [0.1, 0.15) is 0 Å². The summed E-state index contributed by atoms with van der Waals surface area (Å²) in [5.41, 5.74) is 3.80. The standard InChI is InChI=1S/C22H16ClNOS/c1-14-7-10-17(11-8-14)26-21-20(15-5-3-2-4-6-15)18-13-16(23)9-12-19(18)24-22(21)25/h2-13H,1H3,(H,24,25). The van der Waals surface area contributed by atoms with Crippen LogP contribution in [0.25, 0.3) is 22.0 Å². The minimum atomic E-state index is -0.0933. The van der Waals surface area contributed by atoms with Crippen LogP contribution in [0, 0.1) is 6.92 Å². The van der Waals surface area contributed by atoms with Crippen LogP contribution in [0.15, 0.2) is 87.4 Å². The lowest BCUT2D eigenvalue weighted by molar-refractivity contribution is 1.19. The molecule has 4 heteroatoms. The van der Waals surface area contributed by atoms with E-state index in [0.29, 0.717) is 9.92 Å². The van der Waals surface area contributed by atoms with E-state index in [0.717, 1.165) is 26.9 Å². The summed E-state index contributed by atoms with van der Waals surface area (Å²) in [6.45, 7) is 2.05. The number of fused-ring (bicyclic) bond motifs is 1. The van der Waals surface area contributed by atoms with Gasteiger partial charge >= 0.3 is 0 Å². The fraction of sp³-hybridized carbons (Fsp3) is 0.0455. The van der Waals surface area contributed by atoms with E-state index >= 15 is 0 Å². The molecule has 1 N–H and O–H groups in total. The lowest BCUT2D eigenvalue weighted by Crippen LogP contribution is -2.10. The van der Waals surface area contributed by atoms with Crippen LogP contribution in [-0.2, 0) is 0 Å². The van der Waals surface area contributed by atoms with Crippen molar-refractivity contribution in [2.75, 3.05) is 0 Å². The van der Waals surface area contributed by atoms with Gasteiger partial charge in [-0.15, -0.1) is 0 Å². The van der Waals surface area contributed by atoms with Gasteiger partial charge in [0.15, 0.2) is 0 Å². The molecule has 1 heterocycles. The first-order valence-electron chi connectivity index (χ1n) is 8.27. The molecule has 0 spiro atoms. The molecule has 3 aromatic carbocycles. The zero-order valence-electron chi connectivity index (χ0n) is 14.1. The molecule has 4 aromatic rings. The molecule has 0 saturated carbocycles. The van der Waals surface area contributed by atoms with Gasteiger partial charge in [-0.3, -0.25) is 4.79 Å².